The minimum atomic E-state index is -0.450. The molecule has 2 aromatic carbocycles. The van der Waals surface area contributed by atoms with Gasteiger partial charge in [0.2, 0.25) is 0 Å². The molecule has 4 rings (SSSR count). The minimum absolute atomic E-state index is 0.0636. The van der Waals surface area contributed by atoms with E-state index < -0.39 is 11.8 Å². The lowest BCUT2D eigenvalue weighted by atomic mass is 9.94. The van der Waals surface area contributed by atoms with Crippen LogP contribution in [0.1, 0.15) is 48.0 Å². The first-order chi connectivity index (χ1) is 15.0. The van der Waals surface area contributed by atoms with Crippen LogP contribution < -0.4 is 10.6 Å². The Morgan fingerprint density at radius 3 is 2.48 bits per heavy atom. The van der Waals surface area contributed by atoms with Gasteiger partial charge in [-0.15, -0.1) is 0 Å². The summed E-state index contributed by atoms with van der Waals surface area (Å²) in [6.07, 6.45) is 4.74. The molecular formula is C24H24ClN3O3. The number of aryl methyl sites for hydroxylation is 1. The van der Waals surface area contributed by atoms with Gasteiger partial charge >= 0.3 is 0 Å². The molecule has 0 atom stereocenters. The van der Waals surface area contributed by atoms with Crippen LogP contribution in [0.4, 0.5) is 11.4 Å². The van der Waals surface area contributed by atoms with E-state index in [0.717, 1.165) is 43.4 Å². The van der Waals surface area contributed by atoms with Crippen molar-refractivity contribution in [3.05, 3.63) is 70.4 Å². The Bertz CT molecular complexity index is 1070. The molecule has 160 valence electrons. The van der Waals surface area contributed by atoms with E-state index in [1.54, 1.807) is 24.3 Å². The molecule has 0 bridgehead atoms. The molecule has 2 aliphatic rings. The lowest BCUT2D eigenvalue weighted by Gasteiger charge is -2.29. The van der Waals surface area contributed by atoms with Gasteiger partial charge in [-0.2, -0.15) is 0 Å². The second-order valence-corrected chi connectivity index (χ2v) is 8.31. The summed E-state index contributed by atoms with van der Waals surface area (Å²) in [6.45, 7) is 1.92. The van der Waals surface area contributed by atoms with Gasteiger partial charge in [0.15, 0.2) is 0 Å². The maximum atomic E-state index is 12.9. The number of para-hydroxylation sites is 1. The number of carbonyl (C=O) groups is 3. The summed E-state index contributed by atoms with van der Waals surface area (Å²) in [7, 11) is 0. The summed E-state index contributed by atoms with van der Waals surface area (Å²) in [4.78, 5) is 39.6. The highest BCUT2D eigenvalue weighted by Crippen LogP contribution is 2.32. The average Bonchev–Trinajstić information content (AvgIpc) is 2.99. The second kappa shape index (κ2) is 8.94. The predicted octanol–water partition coefficient (Wildman–Crippen LogP) is 4.81. The van der Waals surface area contributed by atoms with Crippen molar-refractivity contribution in [2.75, 3.05) is 10.6 Å². The highest BCUT2D eigenvalue weighted by Gasteiger charge is 2.42. The molecule has 1 heterocycles. The standard InChI is InChI=1S/C24H24ClN3O3/c1-15-8-5-6-13-19(15)27-22(29)16-9-7-10-17(14-16)26-21-20(25)23(30)28(24(21)31)18-11-3-2-4-12-18/h5-10,13-14,18,26H,2-4,11-12H2,1H3,(H,27,29). The van der Waals surface area contributed by atoms with Crippen molar-refractivity contribution in [3.8, 4) is 0 Å². The molecule has 0 saturated heterocycles. The molecule has 2 N–H and O–H groups in total. The molecule has 0 unspecified atom stereocenters. The van der Waals surface area contributed by atoms with Crippen molar-refractivity contribution < 1.29 is 14.4 Å². The fourth-order valence-corrected chi connectivity index (χ4v) is 4.31. The van der Waals surface area contributed by atoms with Crippen LogP contribution in [0.2, 0.25) is 0 Å². The smallest absolute Gasteiger partial charge is 0.279 e. The molecule has 1 aliphatic carbocycles. The van der Waals surface area contributed by atoms with E-state index in [9.17, 15) is 14.4 Å². The second-order valence-electron chi connectivity index (χ2n) is 7.94. The number of rotatable bonds is 5. The van der Waals surface area contributed by atoms with Gasteiger partial charge in [0.05, 0.1) is 0 Å². The summed E-state index contributed by atoms with van der Waals surface area (Å²) in [5.41, 5.74) is 2.69. The molecule has 0 aromatic heterocycles. The van der Waals surface area contributed by atoms with Gasteiger partial charge in [-0.25, -0.2) is 0 Å². The van der Waals surface area contributed by atoms with E-state index in [0.29, 0.717) is 11.3 Å². The van der Waals surface area contributed by atoms with E-state index in [-0.39, 0.29) is 22.7 Å². The number of hydrogen-bond acceptors (Lipinski definition) is 4. The lowest BCUT2D eigenvalue weighted by Crippen LogP contribution is -2.42. The molecule has 1 fully saturated rings. The number of benzene rings is 2. The first-order valence-corrected chi connectivity index (χ1v) is 10.8. The number of nitrogens with one attached hydrogen (secondary N) is 2. The van der Waals surface area contributed by atoms with Crippen LogP contribution in [-0.4, -0.2) is 28.7 Å². The summed E-state index contributed by atoms with van der Waals surface area (Å²) in [5.74, 6) is -1.12. The van der Waals surface area contributed by atoms with Crippen LogP contribution >= 0.6 is 11.6 Å². The van der Waals surface area contributed by atoms with E-state index >= 15 is 0 Å². The number of amides is 3. The Labute approximate surface area is 186 Å². The van der Waals surface area contributed by atoms with E-state index in [1.165, 1.54) is 4.90 Å². The third-order valence-corrected chi connectivity index (χ3v) is 6.14. The van der Waals surface area contributed by atoms with Crippen LogP contribution in [0, 0.1) is 6.92 Å². The minimum Gasteiger partial charge on any atom is -0.350 e. The van der Waals surface area contributed by atoms with Gasteiger partial charge in [0.25, 0.3) is 17.7 Å². The maximum Gasteiger partial charge on any atom is 0.279 e. The van der Waals surface area contributed by atoms with Crippen LogP contribution in [-0.2, 0) is 9.59 Å². The van der Waals surface area contributed by atoms with Crippen molar-refractivity contribution in [3.63, 3.8) is 0 Å². The van der Waals surface area contributed by atoms with Crippen molar-refractivity contribution in [2.24, 2.45) is 0 Å². The number of carbonyl (C=O) groups excluding carboxylic acids is 3. The Balaban J connectivity index is 1.51. The predicted molar refractivity (Wildman–Crippen MR) is 121 cm³/mol. The molecule has 0 radical (unpaired) electrons. The molecule has 2 aromatic rings. The summed E-state index contributed by atoms with van der Waals surface area (Å²) >= 11 is 6.24. The van der Waals surface area contributed by atoms with Crippen LogP contribution in [0.3, 0.4) is 0 Å². The summed E-state index contributed by atoms with van der Waals surface area (Å²) in [6, 6.07) is 14.2. The zero-order valence-corrected chi connectivity index (χ0v) is 18.0. The molecule has 3 amide bonds. The lowest BCUT2D eigenvalue weighted by molar-refractivity contribution is -0.140. The highest BCUT2D eigenvalue weighted by molar-refractivity contribution is 6.48. The number of halogens is 1. The third kappa shape index (κ3) is 4.35. The number of nitrogens with zero attached hydrogens (tertiary/aromatic N) is 1. The Morgan fingerprint density at radius 2 is 1.74 bits per heavy atom. The van der Waals surface area contributed by atoms with E-state index in [1.807, 2.05) is 31.2 Å². The van der Waals surface area contributed by atoms with E-state index in [2.05, 4.69) is 10.6 Å². The molecule has 31 heavy (non-hydrogen) atoms. The molecular weight excluding hydrogens is 414 g/mol. The quantitative estimate of drug-likeness (QED) is 0.658. The van der Waals surface area contributed by atoms with Crippen LogP contribution in [0.5, 0.6) is 0 Å². The largest absolute Gasteiger partial charge is 0.350 e. The first-order valence-electron chi connectivity index (χ1n) is 10.5. The number of hydrogen-bond donors (Lipinski definition) is 2. The molecule has 1 aliphatic heterocycles. The Morgan fingerprint density at radius 1 is 1.00 bits per heavy atom. The van der Waals surface area contributed by atoms with Gasteiger partial charge in [-0.1, -0.05) is 55.1 Å². The first kappa shape index (κ1) is 21.1. The molecule has 7 heteroatoms. The van der Waals surface area contributed by atoms with Gasteiger partial charge in [-0.3, -0.25) is 19.3 Å². The number of imide groups is 1. The van der Waals surface area contributed by atoms with Crippen molar-refractivity contribution in [2.45, 2.75) is 45.1 Å². The van der Waals surface area contributed by atoms with Gasteiger partial charge in [0.1, 0.15) is 10.7 Å². The molecule has 0 spiro atoms. The molecule has 1 saturated carbocycles. The topological polar surface area (TPSA) is 78.5 Å². The monoisotopic (exact) mass is 437 g/mol. The van der Waals surface area contributed by atoms with Crippen molar-refractivity contribution in [1.29, 1.82) is 0 Å². The normalized spacial score (nSPS) is 17.3. The van der Waals surface area contributed by atoms with Gasteiger partial charge < -0.3 is 10.6 Å². The Kier molecular flexibility index (Phi) is 6.09. The summed E-state index contributed by atoms with van der Waals surface area (Å²) in [5, 5.41) is 5.75. The van der Waals surface area contributed by atoms with E-state index in [4.69, 9.17) is 11.6 Å². The zero-order valence-electron chi connectivity index (χ0n) is 17.3. The Hall–Kier alpha value is -3.12. The van der Waals surface area contributed by atoms with Gasteiger partial charge in [-0.05, 0) is 49.6 Å². The zero-order chi connectivity index (χ0) is 22.0. The SMILES string of the molecule is Cc1ccccc1NC(=O)c1cccc(NC2=C(Cl)C(=O)N(C3CCCCC3)C2=O)c1. The van der Waals surface area contributed by atoms with Crippen molar-refractivity contribution >= 4 is 40.7 Å². The van der Waals surface area contributed by atoms with Crippen molar-refractivity contribution in [1.82, 2.24) is 4.90 Å². The highest BCUT2D eigenvalue weighted by atomic mass is 35.5. The van der Waals surface area contributed by atoms with Crippen LogP contribution in [0.25, 0.3) is 0 Å². The number of anilines is 2. The molecule has 6 nitrogen and oxygen atoms in total. The fraction of sp³-hybridized carbons (Fsp3) is 0.292. The maximum absolute atomic E-state index is 12.9. The van der Waals surface area contributed by atoms with Gasteiger partial charge in [0, 0.05) is 23.0 Å². The fourth-order valence-electron chi connectivity index (χ4n) is 4.09. The third-order valence-electron chi connectivity index (χ3n) is 5.79. The summed E-state index contributed by atoms with van der Waals surface area (Å²) < 4.78 is 0. The average molecular weight is 438 g/mol. The van der Waals surface area contributed by atoms with Crippen LogP contribution in [0.15, 0.2) is 59.3 Å².